The van der Waals surface area contributed by atoms with Crippen molar-refractivity contribution in [1.82, 2.24) is 5.32 Å². The second-order valence-electron chi connectivity index (χ2n) is 3.64. The molecule has 0 heterocycles. The predicted octanol–water partition coefficient (Wildman–Crippen LogP) is 1.16. The van der Waals surface area contributed by atoms with Gasteiger partial charge in [-0.15, -0.1) is 0 Å². The van der Waals surface area contributed by atoms with E-state index in [2.05, 4.69) is 5.32 Å². The number of ether oxygens (including phenoxy) is 1. The number of carbonyl (C=O) groups excluding carboxylic acids is 2. The van der Waals surface area contributed by atoms with Gasteiger partial charge < -0.3 is 10.1 Å². The Morgan fingerprint density at radius 2 is 1.87 bits per heavy atom. The molecule has 1 fully saturated rings. The van der Waals surface area contributed by atoms with E-state index in [4.69, 9.17) is 4.74 Å². The lowest BCUT2D eigenvalue weighted by molar-refractivity contribution is -0.144. The normalized spacial score (nSPS) is 17.7. The van der Waals surface area contributed by atoms with Gasteiger partial charge in [-0.25, -0.2) is 4.79 Å². The Morgan fingerprint density at radius 3 is 2.47 bits per heavy atom. The van der Waals surface area contributed by atoms with Crippen molar-refractivity contribution in [2.24, 2.45) is 0 Å². The van der Waals surface area contributed by atoms with E-state index >= 15 is 0 Å². The first kappa shape index (κ1) is 11.8. The number of hydrogen-bond acceptors (Lipinski definition) is 3. The molecule has 0 spiro atoms. The Kier molecular flexibility index (Phi) is 4.87. The first-order valence-corrected chi connectivity index (χ1v) is 5.33. The zero-order valence-corrected chi connectivity index (χ0v) is 8.99. The maximum Gasteiger partial charge on any atom is 0.331 e. The molecule has 0 aliphatic heterocycles. The summed E-state index contributed by atoms with van der Waals surface area (Å²) in [6, 6.07) is 0. The summed E-state index contributed by atoms with van der Waals surface area (Å²) in [5.74, 6) is -0.721. The summed E-state index contributed by atoms with van der Waals surface area (Å²) in [5.41, 5.74) is 0. The molecule has 1 aliphatic carbocycles. The number of hydrogen-bond donors (Lipinski definition) is 1. The van der Waals surface area contributed by atoms with E-state index in [1.165, 1.54) is 25.6 Å². The molecule has 1 rings (SSSR count). The molecular formula is C11H17NO3. The number of carbonyl (C=O) groups is 2. The van der Waals surface area contributed by atoms with Crippen molar-refractivity contribution in [3.8, 4) is 0 Å². The Morgan fingerprint density at radius 1 is 1.20 bits per heavy atom. The van der Waals surface area contributed by atoms with Crippen LogP contribution < -0.4 is 5.32 Å². The average Bonchev–Trinajstić information content (AvgIpc) is 2.27. The third kappa shape index (κ3) is 4.63. The molecule has 1 N–H and O–H groups in total. The van der Waals surface area contributed by atoms with Crippen LogP contribution in [0.5, 0.6) is 0 Å². The number of esters is 1. The third-order valence-electron chi connectivity index (χ3n) is 2.45. The van der Waals surface area contributed by atoms with Crippen molar-refractivity contribution in [2.75, 3.05) is 7.05 Å². The van der Waals surface area contributed by atoms with Gasteiger partial charge in [-0.3, -0.25) is 4.79 Å². The van der Waals surface area contributed by atoms with Crippen LogP contribution in [0, 0.1) is 0 Å². The molecule has 0 aromatic heterocycles. The van der Waals surface area contributed by atoms with Crippen molar-refractivity contribution < 1.29 is 14.3 Å². The van der Waals surface area contributed by atoms with Crippen LogP contribution in [0.25, 0.3) is 0 Å². The topological polar surface area (TPSA) is 55.4 Å². The van der Waals surface area contributed by atoms with Gasteiger partial charge in [0.2, 0.25) is 5.91 Å². The van der Waals surface area contributed by atoms with E-state index in [0.29, 0.717) is 0 Å². The standard InChI is InChI=1S/C11H17NO3/c1-12-10(13)7-8-11(14)15-9-5-3-2-4-6-9/h7-9H,2-6H2,1H3,(H,12,13). The number of rotatable bonds is 3. The maximum atomic E-state index is 11.2. The van der Waals surface area contributed by atoms with Crippen LogP contribution in [0.3, 0.4) is 0 Å². The highest BCUT2D eigenvalue weighted by molar-refractivity contribution is 5.94. The summed E-state index contributed by atoms with van der Waals surface area (Å²) >= 11 is 0. The lowest BCUT2D eigenvalue weighted by atomic mass is 9.98. The summed E-state index contributed by atoms with van der Waals surface area (Å²) in [5, 5.41) is 2.39. The highest BCUT2D eigenvalue weighted by atomic mass is 16.5. The molecule has 0 bridgehead atoms. The lowest BCUT2D eigenvalue weighted by Gasteiger charge is -2.20. The SMILES string of the molecule is CNC(=O)C=CC(=O)OC1CCCCC1. The van der Waals surface area contributed by atoms with Crippen LogP contribution in [0.2, 0.25) is 0 Å². The van der Waals surface area contributed by atoms with Crippen LogP contribution in [-0.4, -0.2) is 25.0 Å². The molecule has 15 heavy (non-hydrogen) atoms. The average molecular weight is 211 g/mol. The minimum Gasteiger partial charge on any atom is -0.459 e. The van der Waals surface area contributed by atoms with E-state index in [0.717, 1.165) is 25.7 Å². The van der Waals surface area contributed by atoms with Crippen molar-refractivity contribution in [1.29, 1.82) is 0 Å². The Balaban J connectivity index is 2.28. The Hall–Kier alpha value is -1.32. The molecule has 4 nitrogen and oxygen atoms in total. The summed E-state index contributed by atoms with van der Waals surface area (Å²) in [6.45, 7) is 0. The zero-order chi connectivity index (χ0) is 11.1. The Labute approximate surface area is 89.7 Å². The van der Waals surface area contributed by atoms with Crippen molar-refractivity contribution in [3.63, 3.8) is 0 Å². The first-order chi connectivity index (χ1) is 7.22. The summed E-state index contributed by atoms with van der Waals surface area (Å²) < 4.78 is 5.18. The zero-order valence-electron chi connectivity index (χ0n) is 8.99. The fourth-order valence-electron chi connectivity index (χ4n) is 1.61. The van der Waals surface area contributed by atoms with Gasteiger partial charge in [0.05, 0.1) is 0 Å². The molecule has 0 radical (unpaired) electrons. The summed E-state index contributed by atoms with van der Waals surface area (Å²) in [7, 11) is 1.51. The molecule has 4 heteroatoms. The van der Waals surface area contributed by atoms with Gasteiger partial charge in [-0.2, -0.15) is 0 Å². The van der Waals surface area contributed by atoms with Gasteiger partial charge >= 0.3 is 5.97 Å². The van der Waals surface area contributed by atoms with Crippen LogP contribution in [-0.2, 0) is 14.3 Å². The molecule has 1 amide bonds. The van der Waals surface area contributed by atoms with E-state index in [9.17, 15) is 9.59 Å². The summed E-state index contributed by atoms with van der Waals surface area (Å²) in [6.07, 6.45) is 7.76. The Bertz CT molecular complexity index is 255. The van der Waals surface area contributed by atoms with Crippen LogP contribution in [0.1, 0.15) is 32.1 Å². The first-order valence-electron chi connectivity index (χ1n) is 5.33. The molecule has 0 atom stereocenters. The van der Waals surface area contributed by atoms with Gasteiger partial charge in [0.1, 0.15) is 6.10 Å². The molecule has 0 aromatic rings. The third-order valence-corrected chi connectivity index (χ3v) is 2.45. The molecule has 0 aromatic carbocycles. The highest BCUT2D eigenvalue weighted by Crippen LogP contribution is 2.20. The minimum absolute atomic E-state index is 0.0422. The van der Waals surface area contributed by atoms with Crippen LogP contribution >= 0.6 is 0 Å². The van der Waals surface area contributed by atoms with E-state index in [-0.39, 0.29) is 12.0 Å². The molecule has 1 saturated carbocycles. The number of nitrogens with one attached hydrogen (secondary N) is 1. The van der Waals surface area contributed by atoms with E-state index in [1.54, 1.807) is 0 Å². The summed E-state index contributed by atoms with van der Waals surface area (Å²) in [4.78, 5) is 22.0. The van der Waals surface area contributed by atoms with Crippen LogP contribution in [0.15, 0.2) is 12.2 Å². The van der Waals surface area contributed by atoms with Gasteiger partial charge in [-0.05, 0) is 25.7 Å². The van der Waals surface area contributed by atoms with E-state index < -0.39 is 5.97 Å². The fraction of sp³-hybridized carbons (Fsp3) is 0.636. The number of likely N-dealkylation sites (N-methyl/N-ethyl adjacent to an activating group) is 1. The monoisotopic (exact) mass is 211 g/mol. The van der Waals surface area contributed by atoms with Crippen molar-refractivity contribution >= 4 is 11.9 Å². The highest BCUT2D eigenvalue weighted by Gasteiger charge is 2.16. The minimum atomic E-state index is -0.425. The molecule has 1 aliphatic rings. The lowest BCUT2D eigenvalue weighted by Crippen LogP contribution is -2.20. The second-order valence-corrected chi connectivity index (χ2v) is 3.64. The van der Waals surface area contributed by atoms with Crippen molar-refractivity contribution in [2.45, 2.75) is 38.2 Å². The molecular weight excluding hydrogens is 194 g/mol. The second kappa shape index (κ2) is 6.22. The van der Waals surface area contributed by atoms with Crippen molar-refractivity contribution in [3.05, 3.63) is 12.2 Å². The van der Waals surface area contributed by atoms with Gasteiger partial charge in [0.15, 0.2) is 0 Å². The maximum absolute atomic E-state index is 11.2. The molecule has 0 saturated heterocycles. The molecule has 0 unspecified atom stereocenters. The smallest absolute Gasteiger partial charge is 0.331 e. The van der Waals surface area contributed by atoms with Gasteiger partial charge in [0, 0.05) is 19.2 Å². The van der Waals surface area contributed by atoms with Gasteiger partial charge in [0.25, 0.3) is 0 Å². The number of amides is 1. The predicted molar refractivity (Wildman–Crippen MR) is 56.2 cm³/mol. The van der Waals surface area contributed by atoms with E-state index in [1.807, 2.05) is 0 Å². The quantitative estimate of drug-likeness (QED) is 0.563. The van der Waals surface area contributed by atoms with Crippen LogP contribution in [0.4, 0.5) is 0 Å². The fourth-order valence-corrected chi connectivity index (χ4v) is 1.61. The van der Waals surface area contributed by atoms with Gasteiger partial charge in [-0.1, -0.05) is 6.42 Å². The molecule has 84 valence electrons. The largest absolute Gasteiger partial charge is 0.459 e.